The summed E-state index contributed by atoms with van der Waals surface area (Å²) in [5, 5.41) is 7.77. The average molecular weight is 350 g/mol. The molecule has 0 aliphatic heterocycles. The Balaban J connectivity index is 1.80. The van der Waals surface area contributed by atoms with Gasteiger partial charge in [0.05, 0.1) is 24.8 Å². The molecule has 1 N–H and O–H groups in total. The summed E-state index contributed by atoms with van der Waals surface area (Å²) in [5.74, 6) is -0.262. The molecule has 0 radical (unpaired) electrons. The summed E-state index contributed by atoms with van der Waals surface area (Å²) in [6.45, 7) is 2.60. The van der Waals surface area contributed by atoms with E-state index < -0.39 is 5.54 Å². The predicted octanol–water partition coefficient (Wildman–Crippen LogP) is 2.84. The first-order valence-electron chi connectivity index (χ1n) is 8.42. The van der Waals surface area contributed by atoms with Crippen molar-refractivity contribution < 1.29 is 9.53 Å². The fourth-order valence-electron chi connectivity index (χ4n) is 2.87. The van der Waals surface area contributed by atoms with Gasteiger partial charge in [0.15, 0.2) is 0 Å². The summed E-state index contributed by atoms with van der Waals surface area (Å²) in [6.07, 6.45) is 7.34. The molecule has 0 aliphatic carbocycles. The number of carbonyl (C=O) groups is 1. The van der Waals surface area contributed by atoms with Gasteiger partial charge in [-0.2, -0.15) is 5.10 Å². The summed E-state index contributed by atoms with van der Waals surface area (Å²) in [6, 6.07) is 13.8. The molecule has 0 aliphatic rings. The van der Waals surface area contributed by atoms with Gasteiger partial charge < -0.3 is 10.1 Å². The number of nitrogens with zero attached hydrogens (tertiary/aromatic N) is 3. The van der Waals surface area contributed by atoms with Gasteiger partial charge in [-0.15, -0.1) is 0 Å². The van der Waals surface area contributed by atoms with Crippen LogP contribution in [0, 0.1) is 0 Å². The number of benzene rings is 1. The smallest absolute Gasteiger partial charge is 0.307 e. The molecule has 2 heterocycles. The Hall–Kier alpha value is -2.99. The molecule has 6 heteroatoms. The summed E-state index contributed by atoms with van der Waals surface area (Å²) >= 11 is 0. The van der Waals surface area contributed by atoms with E-state index >= 15 is 0 Å². The highest BCUT2D eigenvalue weighted by atomic mass is 16.5. The van der Waals surface area contributed by atoms with Crippen LogP contribution in [-0.2, 0) is 21.6 Å². The molecule has 3 aromatic rings. The second-order valence-corrected chi connectivity index (χ2v) is 6.29. The SMILES string of the molecule is COC(=O)C[C@](C)(NCc1cccc(-n2cccn2)c1)c1ccncc1. The Labute approximate surface area is 152 Å². The molecule has 26 heavy (non-hydrogen) atoms. The van der Waals surface area contributed by atoms with Crippen molar-refractivity contribution >= 4 is 5.97 Å². The van der Waals surface area contributed by atoms with Crippen molar-refractivity contribution in [3.05, 3.63) is 78.4 Å². The van der Waals surface area contributed by atoms with Crippen LogP contribution in [0.5, 0.6) is 0 Å². The minimum atomic E-state index is -0.558. The third kappa shape index (κ3) is 4.15. The minimum absolute atomic E-state index is 0.229. The van der Waals surface area contributed by atoms with Crippen molar-refractivity contribution in [2.24, 2.45) is 0 Å². The molecule has 0 amide bonds. The van der Waals surface area contributed by atoms with Gasteiger partial charge in [0.25, 0.3) is 0 Å². The lowest BCUT2D eigenvalue weighted by Gasteiger charge is -2.30. The lowest BCUT2D eigenvalue weighted by molar-refractivity contribution is -0.142. The van der Waals surface area contributed by atoms with Crippen LogP contribution in [0.25, 0.3) is 5.69 Å². The first-order chi connectivity index (χ1) is 12.6. The number of aromatic nitrogens is 3. The third-order valence-electron chi connectivity index (χ3n) is 4.41. The van der Waals surface area contributed by atoms with Gasteiger partial charge in [-0.3, -0.25) is 9.78 Å². The van der Waals surface area contributed by atoms with Gasteiger partial charge in [0.1, 0.15) is 0 Å². The lowest BCUT2D eigenvalue weighted by atomic mass is 9.89. The van der Waals surface area contributed by atoms with Crippen molar-refractivity contribution in [2.45, 2.75) is 25.4 Å². The Morgan fingerprint density at radius 2 is 2.00 bits per heavy atom. The molecule has 0 spiro atoms. The maximum absolute atomic E-state index is 11.9. The number of hydrogen-bond acceptors (Lipinski definition) is 5. The van der Waals surface area contributed by atoms with Crippen LogP contribution < -0.4 is 5.32 Å². The molecule has 6 nitrogen and oxygen atoms in total. The Morgan fingerprint density at radius 1 is 1.19 bits per heavy atom. The molecule has 0 bridgehead atoms. The standard InChI is InChI=1S/C20H22N4O2/c1-20(14-19(25)26-2,17-7-10-21-11-8-17)22-15-16-5-3-6-18(13-16)24-12-4-9-23-24/h3-13,22H,14-15H2,1-2H3/t20-/m0/s1. The molecule has 134 valence electrons. The van der Waals surface area contributed by atoms with Crippen molar-refractivity contribution in [3.8, 4) is 5.69 Å². The largest absolute Gasteiger partial charge is 0.469 e. The summed E-state index contributed by atoms with van der Waals surface area (Å²) in [5.41, 5.74) is 2.52. The van der Waals surface area contributed by atoms with Gasteiger partial charge in [-0.25, -0.2) is 4.68 Å². The second-order valence-electron chi connectivity index (χ2n) is 6.29. The monoisotopic (exact) mass is 350 g/mol. The number of hydrogen-bond donors (Lipinski definition) is 1. The Morgan fingerprint density at radius 3 is 2.69 bits per heavy atom. The van der Waals surface area contributed by atoms with Gasteiger partial charge in [0, 0.05) is 31.3 Å². The summed E-state index contributed by atoms with van der Waals surface area (Å²) in [4.78, 5) is 16.0. The van der Waals surface area contributed by atoms with Crippen LogP contribution in [0.1, 0.15) is 24.5 Å². The summed E-state index contributed by atoms with van der Waals surface area (Å²) in [7, 11) is 1.41. The van der Waals surface area contributed by atoms with E-state index in [0.717, 1.165) is 16.8 Å². The molecule has 0 unspecified atom stereocenters. The number of carbonyl (C=O) groups excluding carboxylic acids is 1. The van der Waals surface area contributed by atoms with Crippen molar-refractivity contribution in [3.63, 3.8) is 0 Å². The second kappa shape index (κ2) is 7.93. The van der Waals surface area contributed by atoms with Crippen LogP contribution in [0.2, 0.25) is 0 Å². The highest BCUT2D eigenvalue weighted by molar-refractivity contribution is 5.71. The van der Waals surface area contributed by atoms with Gasteiger partial charge >= 0.3 is 5.97 Å². The van der Waals surface area contributed by atoms with E-state index in [1.54, 1.807) is 18.6 Å². The van der Waals surface area contributed by atoms with Crippen molar-refractivity contribution in [2.75, 3.05) is 7.11 Å². The maximum atomic E-state index is 11.9. The summed E-state index contributed by atoms with van der Waals surface area (Å²) < 4.78 is 6.70. The van der Waals surface area contributed by atoms with Crippen LogP contribution in [0.3, 0.4) is 0 Å². The van der Waals surface area contributed by atoms with E-state index in [9.17, 15) is 4.79 Å². The van der Waals surface area contributed by atoms with E-state index in [4.69, 9.17) is 4.74 Å². The first kappa shape index (κ1) is 17.8. The zero-order valence-electron chi connectivity index (χ0n) is 14.9. The van der Waals surface area contributed by atoms with Crippen molar-refractivity contribution in [1.82, 2.24) is 20.1 Å². The molecule has 0 saturated carbocycles. The number of nitrogens with one attached hydrogen (secondary N) is 1. The molecular weight excluding hydrogens is 328 g/mol. The molecular formula is C20H22N4O2. The fraction of sp³-hybridized carbons (Fsp3) is 0.250. The zero-order chi connectivity index (χ0) is 18.4. The highest BCUT2D eigenvalue weighted by Crippen LogP contribution is 2.25. The fourth-order valence-corrected chi connectivity index (χ4v) is 2.87. The van der Waals surface area contributed by atoms with Crippen LogP contribution in [-0.4, -0.2) is 27.8 Å². The van der Waals surface area contributed by atoms with Crippen molar-refractivity contribution in [1.29, 1.82) is 0 Å². The van der Waals surface area contributed by atoms with Gasteiger partial charge in [-0.05, 0) is 48.4 Å². The molecule has 0 fully saturated rings. The Bertz CT molecular complexity index is 849. The lowest BCUT2D eigenvalue weighted by Crippen LogP contribution is -2.41. The zero-order valence-corrected chi connectivity index (χ0v) is 14.9. The van der Waals surface area contributed by atoms with Gasteiger partial charge in [-0.1, -0.05) is 12.1 Å². The molecule has 1 aromatic carbocycles. The Kier molecular flexibility index (Phi) is 5.43. The van der Waals surface area contributed by atoms with E-state index in [-0.39, 0.29) is 12.4 Å². The average Bonchev–Trinajstić information content (AvgIpc) is 3.22. The topological polar surface area (TPSA) is 69.0 Å². The highest BCUT2D eigenvalue weighted by Gasteiger charge is 2.29. The van der Waals surface area contributed by atoms with Crippen LogP contribution >= 0.6 is 0 Å². The molecule has 1 atom stereocenters. The minimum Gasteiger partial charge on any atom is -0.469 e. The normalized spacial score (nSPS) is 13.2. The van der Waals surface area contributed by atoms with Crippen LogP contribution in [0.15, 0.2) is 67.3 Å². The number of rotatable bonds is 7. The quantitative estimate of drug-likeness (QED) is 0.664. The predicted molar refractivity (Wildman–Crippen MR) is 98.6 cm³/mol. The maximum Gasteiger partial charge on any atom is 0.307 e. The molecule has 3 rings (SSSR count). The number of pyridine rings is 1. The molecule has 0 saturated heterocycles. The first-order valence-corrected chi connectivity index (χ1v) is 8.42. The number of methoxy groups -OCH3 is 1. The van der Waals surface area contributed by atoms with E-state index in [2.05, 4.69) is 21.5 Å². The number of esters is 1. The van der Waals surface area contributed by atoms with Crippen LogP contribution in [0.4, 0.5) is 0 Å². The van der Waals surface area contributed by atoms with E-state index in [1.807, 2.05) is 54.2 Å². The number of ether oxygens (including phenoxy) is 1. The van der Waals surface area contributed by atoms with Gasteiger partial charge in [0.2, 0.25) is 0 Å². The molecule has 2 aromatic heterocycles. The third-order valence-corrected chi connectivity index (χ3v) is 4.41. The van der Waals surface area contributed by atoms with E-state index in [0.29, 0.717) is 6.54 Å². The van der Waals surface area contributed by atoms with E-state index in [1.165, 1.54) is 7.11 Å².